The van der Waals surface area contributed by atoms with Gasteiger partial charge in [0.05, 0.1) is 5.69 Å². The van der Waals surface area contributed by atoms with Crippen molar-refractivity contribution in [1.82, 2.24) is 20.2 Å². The molecule has 0 unspecified atom stereocenters. The van der Waals surface area contributed by atoms with E-state index in [1.54, 1.807) is 6.07 Å². The van der Waals surface area contributed by atoms with Crippen LogP contribution in [0.3, 0.4) is 0 Å². The maximum absolute atomic E-state index is 13.6. The molecule has 1 aromatic heterocycles. The molecule has 0 bridgehead atoms. The summed E-state index contributed by atoms with van der Waals surface area (Å²) < 4.78 is 19.9. The summed E-state index contributed by atoms with van der Waals surface area (Å²) in [4.78, 5) is 24.4. The lowest BCUT2D eigenvalue weighted by molar-refractivity contribution is -0.151. The molecule has 3 aromatic rings. The molecule has 9 heteroatoms. The molecular formula is C18H16FN5O3. The van der Waals surface area contributed by atoms with E-state index in [1.165, 1.54) is 29.2 Å². The van der Waals surface area contributed by atoms with Crippen molar-refractivity contribution >= 4 is 17.6 Å². The number of nitrogens with one attached hydrogen (secondary N) is 1. The number of ether oxygens (including phenoxy) is 1. The van der Waals surface area contributed by atoms with Crippen LogP contribution >= 0.6 is 0 Å². The number of rotatable bonds is 7. The topological polar surface area (TPSA) is 99.0 Å². The molecule has 138 valence electrons. The molecule has 0 spiro atoms. The Hall–Kier alpha value is -3.62. The van der Waals surface area contributed by atoms with E-state index in [4.69, 9.17) is 4.74 Å². The Bertz CT molecular complexity index is 902. The molecule has 2 aromatic carbocycles. The lowest BCUT2D eigenvalue weighted by Crippen LogP contribution is -2.28. The number of aromatic nitrogens is 4. The van der Waals surface area contributed by atoms with Crippen LogP contribution in [0.1, 0.15) is 11.6 Å². The van der Waals surface area contributed by atoms with Gasteiger partial charge in [-0.1, -0.05) is 42.5 Å². The third-order valence-corrected chi connectivity index (χ3v) is 3.72. The van der Waals surface area contributed by atoms with Gasteiger partial charge in [-0.05, 0) is 28.1 Å². The monoisotopic (exact) mass is 369 g/mol. The Kier molecular flexibility index (Phi) is 5.83. The molecule has 0 saturated carbocycles. The van der Waals surface area contributed by atoms with Gasteiger partial charge in [0.15, 0.2) is 12.6 Å². The van der Waals surface area contributed by atoms with Gasteiger partial charge in [0.25, 0.3) is 5.91 Å². The average molecular weight is 369 g/mol. The normalized spacial score (nSPS) is 11.6. The number of carbonyl (C=O) groups is 2. The minimum atomic E-state index is -0.830. The standard InChI is InChI=1S/C18H16FN5O3/c19-14-8-4-5-9-15(14)21-17(25)11-27-18(26)16(24-12-20-22-23-24)10-13-6-2-1-3-7-13/h1-9,12,16H,10-11H2,(H,21,25)/t16-/m0/s1. The van der Waals surface area contributed by atoms with E-state index in [0.29, 0.717) is 6.42 Å². The molecule has 8 nitrogen and oxygen atoms in total. The van der Waals surface area contributed by atoms with E-state index in [9.17, 15) is 14.0 Å². The predicted molar refractivity (Wildman–Crippen MR) is 93.0 cm³/mol. The fourth-order valence-electron chi connectivity index (χ4n) is 2.42. The number of nitrogens with zero attached hydrogens (tertiary/aromatic N) is 4. The number of hydrogen-bond donors (Lipinski definition) is 1. The van der Waals surface area contributed by atoms with E-state index in [0.717, 1.165) is 5.56 Å². The number of amides is 1. The van der Waals surface area contributed by atoms with E-state index in [-0.39, 0.29) is 5.69 Å². The minimum Gasteiger partial charge on any atom is -0.454 e. The predicted octanol–water partition coefficient (Wildman–Crippen LogP) is 1.78. The Morgan fingerprint density at radius 2 is 1.85 bits per heavy atom. The van der Waals surface area contributed by atoms with Gasteiger partial charge in [-0.15, -0.1) is 5.10 Å². The van der Waals surface area contributed by atoms with Crippen molar-refractivity contribution in [1.29, 1.82) is 0 Å². The van der Waals surface area contributed by atoms with Gasteiger partial charge in [-0.25, -0.2) is 13.9 Å². The zero-order valence-electron chi connectivity index (χ0n) is 14.2. The summed E-state index contributed by atoms with van der Waals surface area (Å²) in [5, 5.41) is 13.2. The van der Waals surface area contributed by atoms with Crippen LogP contribution in [-0.2, 0) is 20.7 Å². The SMILES string of the molecule is O=C(COC(=O)[C@H](Cc1ccccc1)n1cnnn1)Nc1ccccc1F. The molecule has 0 aliphatic heterocycles. The summed E-state index contributed by atoms with van der Waals surface area (Å²) in [6, 6.07) is 14.2. The van der Waals surface area contributed by atoms with Gasteiger partial charge in [0.2, 0.25) is 0 Å². The van der Waals surface area contributed by atoms with E-state index in [2.05, 4.69) is 20.8 Å². The van der Waals surface area contributed by atoms with E-state index >= 15 is 0 Å². The summed E-state index contributed by atoms with van der Waals surface area (Å²) in [5.41, 5.74) is 0.894. The van der Waals surface area contributed by atoms with Crippen molar-refractivity contribution in [3.05, 3.63) is 72.3 Å². The summed E-state index contributed by atoms with van der Waals surface area (Å²) in [6.45, 7) is -0.555. The van der Waals surface area contributed by atoms with Gasteiger partial charge < -0.3 is 10.1 Å². The first-order chi connectivity index (χ1) is 13.1. The lowest BCUT2D eigenvalue weighted by atomic mass is 10.1. The third kappa shape index (κ3) is 4.94. The number of carbonyl (C=O) groups excluding carboxylic acids is 2. The molecule has 0 aliphatic rings. The Morgan fingerprint density at radius 3 is 2.56 bits per heavy atom. The molecule has 3 rings (SSSR count). The fraction of sp³-hybridized carbons (Fsp3) is 0.167. The highest BCUT2D eigenvalue weighted by Crippen LogP contribution is 2.15. The second-order valence-corrected chi connectivity index (χ2v) is 5.63. The van der Waals surface area contributed by atoms with Crippen LogP contribution in [0, 0.1) is 5.82 Å². The van der Waals surface area contributed by atoms with Crippen LogP contribution in [0.4, 0.5) is 10.1 Å². The first kappa shape index (κ1) is 18.2. The number of para-hydroxylation sites is 1. The summed E-state index contributed by atoms with van der Waals surface area (Å²) in [5.74, 6) is -1.90. The maximum atomic E-state index is 13.6. The molecule has 0 radical (unpaired) electrons. The molecular weight excluding hydrogens is 353 g/mol. The van der Waals surface area contributed by atoms with E-state index < -0.39 is 30.3 Å². The van der Waals surface area contributed by atoms with Crippen molar-refractivity contribution in [3.63, 3.8) is 0 Å². The molecule has 1 heterocycles. The van der Waals surface area contributed by atoms with Crippen molar-refractivity contribution in [2.75, 3.05) is 11.9 Å². The van der Waals surface area contributed by atoms with Crippen LogP contribution < -0.4 is 5.32 Å². The minimum absolute atomic E-state index is 0.0138. The van der Waals surface area contributed by atoms with Gasteiger partial charge in [0, 0.05) is 6.42 Å². The van der Waals surface area contributed by atoms with E-state index in [1.807, 2.05) is 30.3 Å². The molecule has 27 heavy (non-hydrogen) atoms. The highest BCUT2D eigenvalue weighted by molar-refractivity contribution is 5.93. The van der Waals surface area contributed by atoms with Crippen molar-refractivity contribution in [3.8, 4) is 0 Å². The fourth-order valence-corrected chi connectivity index (χ4v) is 2.42. The van der Waals surface area contributed by atoms with Crippen LogP contribution in [-0.4, -0.2) is 38.7 Å². The highest BCUT2D eigenvalue weighted by Gasteiger charge is 2.24. The molecule has 1 amide bonds. The van der Waals surface area contributed by atoms with Gasteiger partial charge in [0.1, 0.15) is 12.1 Å². The second-order valence-electron chi connectivity index (χ2n) is 5.63. The number of anilines is 1. The zero-order chi connectivity index (χ0) is 19.1. The largest absolute Gasteiger partial charge is 0.454 e. The van der Waals surface area contributed by atoms with Crippen LogP contribution in [0.2, 0.25) is 0 Å². The van der Waals surface area contributed by atoms with Crippen LogP contribution in [0.5, 0.6) is 0 Å². The molecule has 0 fully saturated rings. The van der Waals surface area contributed by atoms with Crippen LogP contribution in [0.25, 0.3) is 0 Å². The van der Waals surface area contributed by atoms with Crippen molar-refractivity contribution in [2.45, 2.75) is 12.5 Å². The zero-order valence-corrected chi connectivity index (χ0v) is 14.2. The van der Waals surface area contributed by atoms with Gasteiger partial charge in [-0.2, -0.15) is 0 Å². The van der Waals surface area contributed by atoms with Crippen molar-refractivity contribution in [2.24, 2.45) is 0 Å². The maximum Gasteiger partial charge on any atom is 0.331 e. The van der Waals surface area contributed by atoms with Crippen molar-refractivity contribution < 1.29 is 18.7 Å². The quantitative estimate of drug-likeness (QED) is 0.638. The highest BCUT2D eigenvalue weighted by atomic mass is 19.1. The second kappa shape index (κ2) is 8.65. The smallest absolute Gasteiger partial charge is 0.331 e. The Morgan fingerprint density at radius 1 is 1.11 bits per heavy atom. The molecule has 0 saturated heterocycles. The Labute approximate surface area is 154 Å². The average Bonchev–Trinajstić information content (AvgIpc) is 3.21. The first-order valence-electron chi connectivity index (χ1n) is 8.11. The number of hydrogen-bond acceptors (Lipinski definition) is 6. The third-order valence-electron chi connectivity index (χ3n) is 3.72. The van der Waals surface area contributed by atoms with Gasteiger partial charge in [-0.3, -0.25) is 4.79 Å². The van der Waals surface area contributed by atoms with Gasteiger partial charge >= 0.3 is 5.97 Å². The summed E-state index contributed by atoms with van der Waals surface area (Å²) in [6.07, 6.45) is 1.59. The molecule has 1 atom stereocenters. The number of esters is 1. The number of halogens is 1. The summed E-state index contributed by atoms with van der Waals surface area (Å²) >= 11 is 0. The number of tetrazole rings is 1. The Balaban J connectivity index is 1.62. The summed E-state index contributed by atoms with van der Waals surface area (Å²) in [7, 11) is 0. The first-order valence-corrected chi connectivity index (χ1v) is 8.11. The molecule has 1 N–H and O–H groups in total. The molecule has 0 aliphatic carbocycles. The van der Waals surface area contributed by atoms with Crippen LogP contribution in [0.15, 0.2) is 60.9 Å². The lowest BCUT2D eigenvalue weighted by Gasteiger charge is -2.15. The number of benzene rings is 2.